The van der Waals surface area contributed by atoms with Gasteiger partial charge in [0, 0.05) is 29.3 Å². The molecule has 0 atom stereocenters. The maximum Gasteiger partial charge on any atom is 0.140 e. The van der Waals surface area contributed by atoms with Crippen LogP contribution in [0.25, 0.3) is 12.2 Å². The second kappa shape index (κ2) is 4.92. The van der Waals surface area contributed by atoms with Gasteiger partial charge in [-0.05, 0) is 18.6 Å². The lowest BCUT2D eigenvalue weighted by Gasteiger charge is -2.07. The van der Waals surface area contributed by atoms with Gasteiger partial charge in [-0.25, -0.2) is 0 Å². The molecule has 19 heavy (non-hydrogen) atoms. The molecule has 0 N–H and O–H groups in total. The molecule has 3 nitrogen and oxygen atoms in total. The highest BCUT2D eigenvalue weighted by atomic mass is 16.5. The van der Waals surface area contributed by atoms with Gasteiger partial charge in [-0.1, -0.05) is 24.5 Å². The molecule has 0 radical (unpaired) electrons. The van der Waals surface area contributed by atoms with Crippen molar-refractivity contribution in [2.75, 3.05) is 0 Å². The molecule has 92 valence electrons. The first-order valence-electron chi connectivity index (χ1n) is 6.00. The topological polar surface area (TPSA) is 34.5 Å². The second-order valence-electron chi connectivity index (χ2n) is 4.21. The number of fused-ring (bicyclic) bond motifs is 1. The smallest absolute Gasteiger partial charge is 0.140 e. The minimum absolute atomic E-state index is 0.574. The highest BCUT2D eigenvalue weighted by Gasteiger charge is 2.07. The van der Waals surface area contributed by atoms with Crippen LogP contribution >= 0.6 is 0 Å². The Balaban J connectivity index is 2.18. The lowest BCUT2D eigenvalue weighted by molar-refractivity contribution is 0.342. The van der Waals surface area contributed by atoms with Crippen LogP contribution in [0.3, 0.4) is 0 Å². The highest BCUT2D eigenvalue weighted by Crippen LogP contribution is 2.16. The number of nitrogens with zero attached hydrogens (tertiary/aromatic N) is 2. The molecule has 1 aromatic rings. The van der Waals surface area contributed by atoms with E-state index in [0.717, 1.165) is 21.9 Å². The van der Waals surface area contributed by atoms with Crippen LogP contribution in [0.1, 0.15) is 6.42 Å². The van der Waals surface area contributed by atoms with Crippen molar-refractivity contribution in [1.29, 1.82) is 0 Å². The number of aromatic nitrogens is 1. The molecular formula is C16H12N2O. The molecule has 3 heterocycles. The van der Waals surface area contributed by atoms with Gasteiger partial charge in [-0.2, -0.15) is 0 Å². The van der Waals surface area contributed by atoms with E-state index in [1.54, 1.807) is 24.7 Å². The van der Waals surface area contributed by atoms with Crippen LogP contribution in [-0.4, -0.2) is 11.2 Å². The zero-order valence-corrected chi connectivity index (χ0v) is 10.3. The summed E-state index contributed by atoms with van der Waals surface area (Å²) in [6.45, 7) is 3.92. The predicted molar refractivity (Wildman–Crippen MR) is 75.4 cm³/mol. The van der Waals surface area contributed by atoms with Crippen LogP contribution < -0.4 is 10.6 Å². The summed E-state index contributed by atoms with van der Waals surface area (Å²) in [5.74, 6) is 1.30. The van der Waals surface area contributed by atoms with Crippen molar-refractivity contribution in [1.82, 2.24) is 4.98 Å². The Morgan fingerprint density at radius 1 is 1.37 bits per heavy atom. The third-order valence-corrected chi connectivity index (χ3v) is 2.85. The van der Waals surface area contributed by atoms with Crippen molar-refractivity contribution < 1.29 is 4.74 Å². The highest BCUT2D eigenvalue weighted by molar-refractivity contribution is 5.82. The molecule has 0 amide bonds. The van der Waals surface area contributed by atoms with E-state index in [1.165, 1.54) is 0 Å². The Hall–Kier alpha value is -2.64. The van der Waals surface area contributed by atoms with E-state index in [4.69, 9.17) is 4.74 Å². The van der Waals surface area contributed by atoms with Gasteiger partial charge in [0.05, 0.1) is 11.5 Å². The van der Waals surface area contributed by atoms with Gasteiger partial charge < -0.3 is 4.74 Å². The van der Waals surface area contributed by atoms with Crippen molar-refractivity contribution in [3.05, 3.63) is 70.6 Å². The van der Waals surface area contributed by atoms with Gasteiger partial charge >= 0.3 is 0 Å². The van der Waals surface area contributed by atoms with E-state index in [9.17, 15) is 0 Å². The maximum atomic E-state index is 5.76. The number of hydrogen-bond acceptors (Lipinski definition) is 3. The van der Waals surface area contributed by atoms with Crippen molar-refractivity contribution in [2.24, 2.45) is 4.99 Å². The van der Waals surface area contributed by atoms with E-state index in [-0.39, 0.29) is 0 Å². The van der Waals surface area contributed by atoms with Crippen LogP contribution in [-0.2, 0) is 4.74 Å². The standard InChI is InChI=1S/C16H12N2O/c1-12-10-13-4-2-9-18-15(13)7-6-14-11-17-8-3-5-16(14)19-12/h2,4-5,7-11H,1,6H2/b13-10-,15-7+. The number of ether oxygens (including phenoxy) is 1. The van der Waals surface area contributed by atoms with Crippen molar-refractivity contribution in [3.63, 3.8) is 0 Å². The van der Waals surface area contributed by atoms with Crippen LogP contribution in [0.15, 0.2) is 65.0 Å². The number of rotatable bonds is 0. The first-order chi connectivity index (χ1) is 9.33. The molecule has 0 aliphatic carbocycles. The fraction of sp³-hybridized carbons (Fsp3) is 0.0625. The summed E-state index contributed by atoms with van der Waals surface area (Å²) in [5, 5.41) is 1.93. The molecule has 3 rings (SSSR count). The summed E-state index contributed by atoms with van der Waals surface area (Å²) in [7, 11) is 0. The molecule has 1 aromatic heterocycles. The Bertz CT molecular complexity index is 775. The quantitative estimate of drug-likeness (QED) is 0.653. The number of pyridine rings is 1. The van der Waals surface area contributed by atoms with Crippen molar-refractivity contribution in [3.8, 4) is 0 Å². The fourth-order valence-corrected chi connectivity index (χ4v) is 1.96. The van der Waals surface area contributed by atoms with Crippen LogP contribution in [0.5, 0.6) is 0 Å². The Kier molecular flexibility index (Phi) is 2.97. The molecule has 0 bridgehead atoms. The van der Waals surface area contributed by atoms with Crippen molar-refractivity contribution >= 4 is 18.4 Å². The number of aliphatic imine (C=N–C) groups is 1. The van der Waals surface area contributed by atoms with Gasteiger partial charge in [0.1, 0.15) is 11.5 Å². The summed E-state index contributed by atoms with van der Waals surface area (Å²) in [6, 6.07) is 3.89. The molecule has 3 heteroatoms. The van der Waals surface area contributed by atoms with E-state index < -0.39 is 0 Å². The van der Waals surface area contributed by atoms with E-state index in [1.807, 2.05) is 18.2 Å². The van der Waals surface area contributed by atoms with Crippen LogP contribution in [0.2, 0.25) is 0 Å². The normalized spacial score (nSPS) is 20.5. The lowest BCUT2D eigenvalue weighted by atomic mass is 10.1. The average Bonchev–Trinajstić information content (AvgIpc) is 2.59. The van der Waals surface area contributed by atoms with E-state index >= 15 is 0 Å². The number of allylic oxidation sites excluding steroid dienone is 3. The minimum atomic E-state index is 0.574. The van der Waals surface area contributed by atoms with E-state index in [2.05, 4.69) is 28.4 Å². The molecular weight excluding hydrogens is 236 g/mol. The van der Waals surface area contributed by atoms with Gasteiger partial charge in [0.15, 0.2) is 0 Å². The van der Waals surface area contributed by atoms with Crippen LogP contribution in [0.4, 0.5) is 0 Å². The monoisotopic (exact) mass is 248 g/mol. The summed E-state index contributed by atoms with van der Waals surface area (Å²) in [4.78, 5) is 8.50. The van der Waals surface area contributed by atoms with Gasteiger partial charge in [0.2, 0.25) is 0 Å². The van der Waals surface area contributed by atoms with Gasteiger partial charge in [-0.15, -0.1) is 0 Å². The third-order valence-electron chi connectivity index (χ3n) is 2.85. The minimum Gasteiger partial charge on any atom is -0.457 e. The summed E-state index contributed by atoms with van der Waals surface area (Å²) in [5.41, 5.74) is 3.92. The SMILES string of the molecule is C=C1/C=c2/cccn/c2=C/CC2=C(C=C=CN=C2)O1. The summed E-state index contributed by atoms with van der Waals surface area (Å²) in [6.07, 6.45) is 11.6. The molecule has 0 spiro atoms. The van der Waals surface area contributed by atoms with Gasteiger partial charge in [-0.3, -0.25) is 9.98 Å². The molecule has 0 fully saturated rings. The van der Waals surface area contributed by atoms with Crippen molar-refractivity contribution in [2.45, 2.75) is 6.42 Å². The zero-order valence-electron chi connectivity index (χ0n) is 10.3. The predicted octanol–water partition coefficient (Wildman–Crippen LogP) is 1.58. The lowest BCUT2D eigenvalue weighted by Crippen LogP contribution is -2.27. The fourth-order valence-electron chi connectivity index (χ4n) is 1.96. The molecule has 0 unspecified atom stereocenters. The molecule has 2 aliphatic heterocycles. The second-order valence-corrected chi connectivity index (χ2v) is 4.21. The molecule has 2 aliphatic rings. The van der Waals surface area contributed by atoms with Crippen LogP contribution in [0, 0.1) is 0 Å². The molecule has 0 saturated carbocycles. The van der Waals surface area contributed by atoms with Gasteiger partial charge in [0.25, 0.3) is 0 Å². The molecule has 0 saturated heterocycles. The average molecular weight is 248 g/mol. The first kappa shape index (κ1) is 11.5. The Labute approximate surface area is 111 Å². The maximum absolute atomic E-state index is 5.76. The Morgan fingerprint density at radius 3 is 3.26 bits per heavy atom. The first-order valence-corrected chi connectivity index (χ1v) is 6.00. The molecule has 0 aromatic carbocycles. The summed E-state index contributed by atoms with van der Waals surface area (Å²) >= 11 is 0. The third kappa shape index (κ3) is 2.46. The van der Waals surface area contributed by atoms with E-state index in [0.29, 0.717) is 12.2 Å². The zero-order chi connectivity index (χ0) is 13.1. The number of hydrogen-bond donors (Lipinski definition) is 0. The Morgan fingerprint density at radius 2 is 2.32 bits per heavy atom. The summed E-state index contributed by atoms with van der Waals surface area (Å²) < 4.78 is 5.76. The largest absolute Gasteiger partial charge is 0.457 e.